The summed E-state index contributed by atoms with van der Waals surface area (Å²) in [6.45, 7) is 9.31. The second-order valence-electron chi connectivity index (χ2n) is 8.64. The fourth-order valence-corrected chi connectivity index (χ4v) is 4.39. The number of nitrogens with zero attached hydrogens (tertiary/aromatic N) is 4. The molecule has 6 nitrogen and oxygen atoms in total. The highest BCUT2D eigenvalue weighted by atomic mass is 16.3. The third-order valence-corrected chi connectivity index (χ3v) is 6.49. The molecule has 1 aromatic heterocycles. The molecule has 0 aromatic carbocycles. The van der Waals surface area contributed by atoms with Crippen molar-refractivity contribution in [1.82, 2.24) is 19.8 Å². The van der Waals surface area contributed by atoms with Crippen LogP contribution in [0.3, 0.4) is 0 Å². The summed E-state index contributed by atoms with van der Waals surface area (Å²) < 4.78 is 0. The summed E-state index contributed by atoms with van der Waals surface area (Å²) in [7, 11) is 0. The lowest BCUT2D eigenvalue weighted by atomic mass is 9.75. The first-order chi connectivity index (χ1) is 12.4. The lowest BCUT2D eigenvalue weighted by Gasteiger charge is -2.51. The van der Waals surface area contributed by atoms with Gasteiger partial charge in [0.15, 0.2) is 0 Å². The normalized spacial score (nSPS) is 29.7. The van der Waals surface area contributed by atoms with E-state index in [0.717, 1.165) is 43.9 Å². The lowest BCUT2D eigenvalue weighted by Crippen LogP contribution is -2.61. The van der Waals surface area contributed by atoms with E-state index in [-0.39, 0.29) is 11.8 Å². The predicted molar refractivity (Wildman–Crippen MR) is 99.0 cm³/mol. The van der Waals surface area contributed by atoms with Crippen LogP contribution in [0.4, 0.5) is 0 Å². The number of amides is 1. The second-order valence-corrected chi connectivity index (χ2v) is 8.64. The van der Waals surface area contributed by atoms with Gasteiger partial charge in [0.25, 0.3) is 5.91 Å². The van der Waals surface area contributed by atoms with Crippen LogP contribution in [-0.4, -0.2) is 68.6 Å². The maximum absolute atomic E-state index is 13.1. The maximum Gasteiger partial charge on any atom is 0.257 e. The number of piperidine rings is 2. The minimum Gasteiger partial charge on any atom is -0.389 e. The largest absolute Gasteiger partial charge is 0.389 e. The van der Waals surface area contributed by atoms with Crippen LogP contribution in [0.25, 0.3) is 0 Å². The summed E-state index contributed by atoms with van der Waals surface area (Å²) >= 11 is 0. The zero-order valence-corrected chi connectivity index (χ0v) is 16.1. The number of fused-ring (bicyclic) bond motifs is 1. The molecule has 2 aliphatic heterocycles. The minimum absolute atomic E-state index is 0.00793. The fraction of sp³-hybridized carbons (Fsp3) is 0.750. The van der Waals surface area contributed by atoms with E-state index in [4.69, 9.17) is 0 Å². The van der Waals surface area contributed by atoms with Gasteiger partial charge in [-0.3, -0.25) is 4.79 Å². The molecule has 1 aliphatic carbocycles. The molecule has 3 aliphatic rings. The van der Waals surface area contributed by atoms with E-state index in [1.807, 2.05) is 11.8 Å². The van der Waals surface area contributed by atoms with Gasteiger partial charge < -0.3 is 14.9 Å². The molecule has 1 amide bonds. The molecule has 4 rings (SSSR count). The molecule has 142 valence electrons. The van der Waals surface area contributed by atoms with Gasteiger partial charge in [0.1, 0.15) is 5.82 Å². The van der Waals surface area contributed by atoms with E-state index < -0.39 is 5.60 Å². The Labute approximate surface area is 155 Å². The Morgan fingerprint density at radius 3 is 2.65 bits per heavy atom. The van der Waals surface area contributed by atoms with Crippen molar-refractivity contribution in [2.24, 2.45) is 5.92 Å². The summed E-state index contributed by atoms with van der Waals surface area (Å²) in [5.41, 5.74) is 0.764. The van der Waals surface area contributed by atoms with Crippen LogP contribution in [0.15, 0.2) is 6.20 Å². The first-order valence-electron chi connectivity index (χ1n) is 9.96. The highest BCUT2D eigenvalue weighted by Crippen LogP contribution is 2.38. The third-order valence-electron chi connectivity index (χ3n) is 6.49. The van der Waals surface area contributed by atoms with Crippen molar-refractivity contribution < 1.29 is 9.90 Å². The van der Waals surface area contributed by atoms with Crippen molar-refractivity contribution in [3.05, 3.63) is 23.3 Å². The fourth-order valence-electron chi connectivity index (χ4n) is 4.39. The van der Waals surface area contributed by atoms with Gasteiger partial charge in [-0.1, -0.05) is 0 Å². The van der Waals surface area contributed by atoms with Gasteiger partial charge in [-0.2, -0.15) is 0 Å². The summed E-state index contributed by atoms with van der Waals surface area (Å²) in [5.74, 6) is 1.50. The molecule has 0 bridgehead atoms. The number of likely N-dealkylation sites (tertiary alicyclic amines) is 2. The smallest absolute Gasteiger partial charge is 0.257 e. The summed E-state index contributed by atoms with van der Waals surface area (Å²) in [6, 6.07) is 0.469. The van der Waals surface area contributed by atoms with Crippen LogP contribution >= 0.6 is 0 Å². The van der Waals surface area contributed by atoms with Gasteiger partial charge in [0.05, 0.1) is 16.9 Å². The number of hydrogen-bond acceptors (Lipinski definition) is 5. The van der Waals surface area contributed by atoms with Crippen LogP contribution in [0.1, 0.15) is 67.3 Å². The number of carbonyl (C=O) groups is 1. The highest BCUT2D eigenvalue weighted by molar-refractivity contribution is 5.95. The Balaban J connectivity index is 1.49. The predicted octanol–water partition coefficient (Wildman–Crippen LogP) is 1.97. The van der Waals surface area contributed by atoms with Crippen molar-refractivity contribution in [1.29, 1.82) is 0 Å². The van der Waals surface area contributed by atoms with Crippen LogP contribution in [0.2, 0.25) is 0 Å². The standard InChI is InChI=1S/C20H30N4O2/c1-13(2)23-8-6-20(26)7-9-24(12-16(20)11-23)19(25)17-10-21-18(15-4-5-15)22-14(17)3/h10,13,15-16,26H,4-9,11-12H2,1-3H3/t16-,20-/m0/s1. The molecule has 1 saturated carbocycles. The van der Waals surface area contributed by atoms with E-state index in [0.29, 0.717) is 37.0 Å². The molecule has 2 saturated heterocycles. The highest BCUT2D eigenvalue weighted by Gasteiger charge is 2.46. The zero-order chi connectivity index (χ0) is 18.5. The number of carbonyl (C=O) groups excluding carboxylic acids is 1. The molecule has 0 unspecified atom stereocenters. The summed E-state index contributed by atoms with van der Waals surface area (Å²) in [5, 5.41) is 11.0. The topological polar surface area (TPSA) is 69.6 Å². The summed E-state index contributed by atoms with van der Waals surface area (Å²) in [6.07, 6.45) is 5.49. The Morgan fingerprint density at radius 2 is 2.00 bits per heavy atom. The average molecular weight is 358 g/mol. The maximum atomic E-state index is 13.1. The number of aliphatic hydroxyl groups is 1. The molecule has 6 heteroatoms. The SMILES string of the molecule is Cc1nc(C2CC2)ncc1C(=O)N1CC[C@@]2(O)CCN(C(C)C)C[C@H]2C1. The monoisotopic (exact) mass is 358 g/mol. The summed E-state index contributed by atoms with van der Waals surface area (Å²) in [4.78, 5) is 26.4. The van der Waals surface area contributed by atoms with Crippen LogP contribution in [0, 0.1) is 12.8 Å². The Bertz CT molecular complexity index is 703. The number of hydrogen-bond donors (Lipinski definition) is 1. The van der Waals surface area contributed by atoms with Crippen LogP contribution in [0.5, 0.6) is 0 Å². The quantitative estimate of drug-likeness (QED) is 0.895. The molecule has 3 heterocycles. The minimum atomic E-state index is -0.621. The van der Waals surface area contributed by atoms with E-state index in [1.54, 1.807) is 6.20 Å². The van der Waals surface area contributed by atoms with Crippen molar-refractivity contribution in [3.63, 3.8) is 0 Å². The molecular formula is C20H30N4O2. The molecule has 0 spiro atoms. The molecule has 2 atom stereocenters. The third kappa shape index (κ3) is 3.25. The van der Waals surface area contributed by atoms with Gasteiger partial charge in [-0.25, -0.2) is 9.97 Å². The lowest BCUT2D eigenvalue weighted by molar-refractivity contribution is -0.111. The Hall–Kier alpha value is -1.53. The van der Waals surface area contributed by atoms with Crippen molar-refractivity contribution in [2.75, 3.05) is 26.2 Å². The Kier molecular flexibility index (Phi) is 4.51. The van der Waals surface area contributed by atoms with E-state index in [9.17, 15) is 9.90 Å². The van der Waals surface area contributed by atoms with Gasteiger partial charge in [0, 0.05) is 50.3 Å². The molecule has 1 aromatic rings. The van der Waals surface area contributed by atoms with Gasteiger partial charge in [-0.15, -0.1) is 0 Å². The van der Waals surface area contributed by atoms with Gasteiger partial charge >= 0.3 is 0 Å². The molecule has 26 heavy (non-hydrogen) atoms. The molecule has 1 N–H and O–H groups in total. The molecule has 3 fully saturated rings. The Morgan fingerprint density at radius 1 is 1.27 bits per heavy atom. The first kappa shape index (κ1) is 17.9. The van der Waals surface area contributed by atoms with Crippen molar-refractivity contribution in [2.45, 2.75) is 64.0 Å². The number of aryl methyl sites for hydroxylation is 1. The molecular weight excluding hydrogens is 328 g/mol. The van der Waals surface area contributed by atoms with Gasteiger partial charge in [0.2, 0.25) is 0 Å². The van der Waals surface area contributed by atoms with E-state index in [2.05, 4.69) is 28.7 Å². The van der Waals surface area contributed by atoms with Crippen molar-refractivity contribution >= 4 is 5.91 Å². The second kappa shape index (κ2) is 6.57. The van der Waals surface area contributed by atoms with Gasteiger partial charge in [-0.05, 0) is 46.5 Å². The van der Waals surface area contributed by atoms with E-state index in [1.165, 1.54) is 0 Å². The molecule has 0 radical (unpaired) electrons. The first-order valence-corrected chi connectivity index (χ1v) is 9.96. The average Bonchev–Trinajstić information content (AvgIpc) is 3.45. The van der Waals surface area contributed by atoms with Crippen molar-refractivity contribution in [3.8, 4) is 0 Å². The van der Waals surface area contributed by atoms with Crippen LogP contribution in [-0.2, 0) is 0 Å². The van der Waals surface area contributed by atoms with E-state index >= 15 is 0 Å². The number of rotatable bonds is 3. The number of aromatic nitrogens is 2. The zero-order valence-electron chi connectivity index (χ0n) is 16.1. The van der Waals surface area contributed by atoms with Crippen LogP contribution < -0.4 is 0 Å².